The molecule has 0 spiro atoms. The quantitative estimate of drug-likeness (QED) is 0.444. The van der Waals surface area contributed by atoms with Crippen molar-refractivity contribution in [1.29, 1.82) is 0 Å². The van der Waals surface area contributed by atoms with Gasteiger partial charge in [-0.25, -0.2) is 0 Å². The first-order valence-corrected chi connectivity index (χ1v) is 3.88. The van der Waals surface area contributed by atoms with Crippen LogP contribution in [0.4, 0.5) is 0 Å². The zero-order valence-electron chi connectivity index (χ0n) is 5.30. The molecule has 3 saturated carbocycles. The summed E-state index contributed by atoms with van der Waals surface area (Å²) >= 11 is 0. The van der Waals surface area contributed by atoms with Gasteiger partial charge >= 0.3 is 0 Å². The van der Waals surface area contributed by atoms with Crippen LogP contribution in [-0.2, 0) is 0 Å². The van der Waals surface area contributed by atoms with E-state index in [1.807, 2.05) is 0 Å². The van der Waals surface area contributed by atoms with Gasteiger partial charge in [0.2, 0.25) is 0 Å². The van der Waals surface area contributed by atoms with E-state index in [4.69, 9.17) is 0 Å². The fourth-order valence-electron chi connectivity index (χ4n) is 2.98. The minimum absolute atomic E-state index is 1.13. The molecule has 0 heteroatoms. The van der Waals surface area contributed by atoms with Crippen molar-refractivity contribution in [3.8, 4) is 0 Å². The Morgan fingerprint density at radius 1 is 0.875 bits per heavy atom. The van der Waals surface area contributed by atoms with E-state index < -0.39 is 0 Å². The molecule has 0 aromatic rings. The highest BCUT2D eigenvalue weighted by Gasteiger charge is 2.65. The molecule has 0 amide bonds. The summed E-state index contributed by atoms with van der Waals surface area (Å²) in [4.78, 5) is 0. The van der Waals surface area contributed by atoms with Gasteiger partial charge in [0.15, 0.2) is 0 Å². The van der Waals surface area contributed by atoms with Crippen molar-refractivity contribution < 1.29 is 0 Å². The zero-order valence-corrected chi connectivity index (χ0v) is 5.30. The Labute approximate surface area is 50.3 Å². The zero-order chi connectivity index (χ0) is 5.30. The van der Waals surface area contributed by atoms with E-state index in [1.165, 1.54) is 23.7 Å². The third kappa shape index (κ3) is 0.260. The van der Waals surface area contributed by atoms with Gasteiger partial charge in [-0.3, -0.25) is 0 Å². The predicted octanol–water partition coefficient (Wildman–Crippen LogP) is 1.91. The second-order valence-corrected chi connectivity index (χ2v) is 3.99. The van der Waals surface area contributed by atoms with Gasteiger partial charge in [-0.2, -0.15) is 0 Å². The first kappa shape index (κ1) is 3.92. The number of fused-ring (bicyclic) bond motifs is 3. The lowest BCUT2D eigenvalue weighted by Gasteiger charge is -2.01. The summed E-state index contributed by atoms with van der Waals surface area (Å²) in [6.45, 7) is 2.46. The lowest BCUT2D eigenvalue weighted by atomic mass is 10.0. The summed E-state index contributed by atoms with van der Waals surface area (Å²) < 4.78 is 0. The minimum Gasteiger partial charge on any atom is -0.0620 e. The maximum absolute atomic E-state index is 2.46. The second-order valence-electron chi connectivity index (χ2n) is 3.99. The Kier molecular flexibility index (Phi) is 0.427. The molecule has 0 bridgehead atoms. The number of hydrogen-bond donors (Lipinski definition) is 0. The first-order valence-electron chi connectivity index (χ1n) is 3.88. The molecule has 0 nitrogen and oxygen atoms in total. The summed E-state index contributed by atoms with van der Waals surface area (Å²) in [7, 11) is 0. The minimum atomic E-state index is 1.13. The molecule has 0 aromatic carbocycles. The molecule has 3 fully saturated rings. The van der Waals surface area contributed by atoms with Crippen molar-refractivity contribution in [3.05, 3.63) is 0 Å². The van der Waals surface area contributed by atoms with Crippen LogP contribution in [0.5, 0.6) is 0 Å². The van der Waals surface area contributed by atoms with Crippen molar-refractivity contribution in [2.75, 3.05) is 0 Å². The van der Waals surface area contributed by atoms with Gasteiger partial charge in [0.05, 0.1) is 0 Å². The molecular formula is C8H12. The van der Waals surface area contributed by atoms with E-state index in [0.717, 1.165) is 5.92 Å². The molecule has 0 radical (unpaired) electrons. The monoisotopic (exact) mass is 108 g/mol. The van der Waals surface area contributed by atoms with Crippen molar-refractivity contribution in [2.45, 2.75) is 19.8 Å². The summed E-state index contributed by atoms with van der Waals surface area (Å²) in [6, 6.07) is 0. The van der Waals surface area contributed by atoms with Gasteiger partial charge in [0.1, 0.15) is 0 Å². The third-order valence-electron chi connectivity index (χ3n) is 3.68. The molecule has 0 saturated heterocycles. The standard InChI is InChI=1S/C8H12/c1-4-5-2-7(5)8-3-6(4)8/h4-8H,2-3H2,1H3. The number of hydrogen-bond acceptors (Lipinski definition) is 0. The summed E-state index contributed by atoms with van der Waals surface area (Å²) in [5.41, 5.74) is 0. The Bertz CT molecular complexity index is 113. The van der Waals surface area contributed by atoms with Gasteiger partial charge in [0.25, 0.3) is 0 Å². The molecule has 3 aliphatic carbocycles. The largest absolute Gasteiger partial charge is 0.0620 e. The van der Waals surface area contributed by atoms with Crippen molar-refractivity contribution in [1.82, 2.24) is 0 Å². The van der Waals surface area contributed by atoms with Gasteiger partial charge in [-0.15, -0.1) is 0 Å². The van der Waals surface area contributed by atoms with Gasteiger partial charge in [-0.1, -0.05) is 6.92 Å². The summed E-state index contributed by atoms with van der Waals surface area (Å²) in [5, 5.41) is 0. The molecule has 44 valence electrons. The predicted molar refractivity (Wildman–Crippen MR) is 32.4 cm³/mol. The molecule has 4 unspecified atom stereocenters. The molecule has 0 aliphatic heterocycles. The van der Waals surface area contributed by atoms with E-state index in [2.05, 4.69) is 6.92 Å². The second kappa shape index (κ2) is 0.872. The average molecular weight is 108 g/mol. The SMILES string of the molecule is CC1C2CC2C2CC12. The number of rotatable bonds is 0. The first-order chi connectivity index (χ1) is 3.88. The van der Waals surface area contributed by atoms with E-state index >= 15 is 0 Å². The van der Waals surface area contributed by atoms with Crippen LogP contribution in [0.1, 0.15) is 19.8 Å². The fourth-order valence-corrected chi connectivity index (χ4v) is 2.98. The van der Waals surface area contributed by atoms with Crippen LogP contribution in [0.2, 0.25) is 0 Å². The maximum Gasteiger partial charge on any atom is -0.0349 e. The van der Waals surface area contributed by atoms with Crippen LogP contribution in [0.15, 0.2) is 0 Å². The lowest BCUT2D eigenvalue weighted by Crippen LogP contribution is -1.95. The van der Waals surface area contributed by atoms with Crippen molar-refractivity contribution >= 4 is 0 Å². The smallest absolute Gasteiger partial charge is 0.0349 e. The topological polar surface area (TPSA) is 0 Å². The average Bonchev–Trinajstić information content (AvgIpc) is 2.58. The Morgan fingerprint density at radius 2 is 1.38 bits per heavy atom. The Hall–Kier alpha value is 0. The normalized spacial score (nSPS) is 73.9. The van der Waals surface area contributed by atoms with Crippen LogP contribution < -0.4 is 0 Å². The highest BCUT2D eigenvalue weighted by Crippen LogP contribution is 2.72. The maximum atomic E-state index is 2.46. The van der Waals surface area contributed by atoms with Crippen LogP contribution in [0.3, 0.4) is 0 Å². The van der Waals surface area contributed by atoms with Crippen molar-refractivity contribution in [3.63, 3.8) is 0 Å². The van der Waals surface area contributed by atoms with E-state index in [0.29, 0.717) is 0 Å². The molecule has 0 N–H and O–H groups in total. The van der Waals surface area contributed by atoms with Crippen LogP contribution in [0.25, 0.3) is 0 Å². The van der Waals surface area contributed by atoms with Gasteiger partial charge < -0.3 is 0 Å². The molecular weight excluding hydrogens is 96.1 g/mol. The Balaban J connectivity index is 1.99. The van der Waals surface area contributed by atoms with Crippen LogP contribution >= 0.6 is 0 Å². The van der Waals surface area contributed by atoms with Crippen molar-refractivity contribution in [2.24, 2.45) is 29.6 Å². The molecule has 0 aromatic heterocycles. The van der Waals surface area contributed by atoms with Crippen LogP contribution in [-0.4, -0.2) is 0 Å². The molecule has 0 heterocycles. The van der Waals surface area contributed by atoms with E-state index in [1.54, 1.807) is 12.8 Å². The van der Waals surface area contributed by atoms with Gasteiger partial charge in [-0.05, 0) is 42.4 Å². The Morgan fingerprint density at radius 3 is 1.62 bits per heavy atom. The fraction of sp³-hybridized carbons (Fsp3) is 1.00. The molecule has 3 aliphatic rings. The highest BCUT2D eigenvalue weighted by atomic mass is 14.7. The third-order valence-corrected chi connectivity index (χ3v) is 3.68. The van der Waals surface area contributed by atoms with Gasteiger partial charge in [0, 0.05) is 0 Å². The van der Waals surface area contributed by atoms with Crippen LogP contribution in [0, 0.1) is 29.6 Å². The molecule has 4 atom stereocenters. The van der Waals surface area contributed by atoms with E-state index in [9.17, 15) is 0 Å². The lowest BCUT2D eigenvalue weighted by molar-refractivity contribution is 0.474. The molecule has 8 heavy (non-hydrogen) atoms. The highest BCUT2D eigenvalue weighted by molar-refractivity contribution is 5.13. The summed E-state index contributed by atoms with van der Waals surface area (Å²) in [5.74, 6) is 6.01. The van der Waals surface area contributed by atoms with E-state index in [-0.39, 0.29) is 0 Å². The summed E-state index contributed by atoms with van der Waals surface area (Å²) in [6.07, 6.45) is 3.20. The molecule has 3 rings (SSSR count).